The van der Waals surface area contributed by atoms with E-state index in [2.05, 4.69) is 5.32 Å². The second-order valence-corrected chi connectivity index (χ2v) is 4.62. The number of urea groups is 1. The minimum Gasteiger partial charge on any atom is -0.449 e. The predicted octanol–water partition coefficient (Wildman–Crippen LogP) is 0.276. The van der Waals surface area contributed by atoms with Crippen LogP contribution in [-0.4, -0.2) is 47.1 Å². The van der Waals surface area contributed by atoms with Gasteiger partial charge in [0.2, 0.25) is 0 Å². The molecule has 1 aliphatic rings. The van der Waals surface area contributed by atoms with Gasteiger partial charge >= 0.3 is 12.0 Å². The summed E-state index contributed by atoms with van der Waals surface area (Å²) >= 11 is 0. The number of amides is 3. The molecular formula is C14H16N2O5. The maximum Gasteiger partial charge on any atom is 0.338 e. The highest BCUT2D eigenvalue weighted by molar-refractivity contribution is 5.99. The number of nitrogens with zero attached hydrogens (tertiary/aromatic N) is 1. The van der Waals surface area contributed by atoms with Crippen molar-refractivity contribution in [3.63, 3.8) is 0 Å². The van der Waals surface area contributed by atoms with Crippen molar-refractivity contribution in [2.75, 3.05) is 13.1 Å². The van der Waals surface area contributed by atoms with Gasteiger partial charge in [-0.05, 0) is 24.6 Å². The summed E-state index contributed by atoms with van der Waals surface area (Å²) in [5.74, 6) is -1.20. The van der Waals surface area contributed by atoms with Crippen LogP contribution in [-0.2, 0) is 16.1 Å². The summed E-state index contributed by atoms with van der Waals surface area (Å²) in [6.07, 6.45) is -1.04. The number of carbonyl (C=O) groups is 3. The third-order valence-corrected chi connectivity index (χ3v) is 3.13. The van der Waals surface area contributed by atoms with Crippen molar-refractivity contribution in [3.8, 4) is 0 Å². The monoisotopic (exact) mass is 292 g/mol. The highest BCUT2D eigenvalue weighted by atomic mass is 16.5. The molecule has 0 radical (unpaired) electrons. The zero-order valence-electron chi connectivity index (χ0n) is 11.5. The number of benzene rings is 1. The minimum atomic E-state index is -1.04. The van der Waals surface area contributed by atoms with Crippen molar-refractivity contribution >= 4 is 17.9 Å². The van der Waals surface area contributed by atoms with Crippen LogP contribution in [0.25, 0.3) is 0 Å². The molecule has 1 aliphatic heterocycles. The van der Waals surface area contributed by atoms with Gasteiger partial charge in [-0.2, -0.15) is 0 Å². The van der Waals surface area contributed by atoms with Gasteiger partial charge in [-0.15, -0.1) is 0 Å². The Bertz CT molecular complexity index is 555. The molecule has 0 saturated carbocycles. The topological polar surface area (TPSA) is 95.9 Å². The zero-order chi connectivity index (χ0) is 15.4. The number of imide groups is 1. The Morgan fingerprint density at radius 1 is 1.38 bits per heavy atom. The molecule has 7 nitrogen and oxygen atoms in total. The van der Waals surface area contributed by atoms with Gasteiger partial charge in [0.05, 0.1) is 12.2 Å². The number of esters is 1. The molecular weight excluding hydrogens is 276 g/mol. The lowest BCUT2D eigenvalue weighted by Gasteiger charge is -2.18. The van der Waals surface area contributed by atoms with Crippen LogP contribution in [0.4, 0.5) is 4.79 Å². The van der Waals surface area contributed by atoms with Crippen LogP contribution in [0.1, 0.15) is 22.8 Å². The van der Waals surface area contributed by atoms with Crippen LogP contribution >= 0.6 is 0 Å². The van der Waals surface area contributed by atoms with Gasteiger partial charge in [0.1, 0.15) is 0 Å². The van der Waals surface area contributed by atoms with Crippen molar-refractivity contribution in [1.82, 2.24) is 10.2 Å². The van der Waals surface area contributed by atoms with Crippen LogP contribution in [0, 0.1) is 0 Å². The lowest BCUT2D eigenvalue weighted by molar-refractivity contribution is -0.136. The average Bonchev–Trinajstić information content (AvgIpc) is 2.92. The SMILES string of the molecule is C[C@H](OC(=O)c1ccc(CO)cc1)C(=O)N1CCNC1=O. The van der Waals surface area contributed by atoms with Crippen molar-refractivity contribution in [2.24, 2.45) is 0 Å². The van der Waals surface area contributed by atoms with Crippen molar-refractivity contribution in [3.05, 3.63) is 35.4 Å². The van der Waals surface area contributed by atoms with E-state index in [9.17, 15) is 14.4 Å². The molecule has 0 bridgehead atoms. The van der Waals surface area contributed by atoms with Crippen LogP contribution in [0.5, 0.6) is 0 Å². The Morgan fingerprint density at radius 3 is 2.57 bits per heavy atom. The number of rotatable bonds is 4. The summed E-state index contributed by atoms with van der Waals surface area (Å²) in [6, 6.07) is 5.73. The van der Waals surface area contributed by atoms with E-state index in [1.165, 1.54) is 19.1 Å². The van der Waals surface area contributed by atoms with E-state index in [-0.39, 0.29) is 18.7 Å². The molecule has 3 amide bonds. The van der Waals surface area contributed by atoms with Crippen LogP contribution in [0.3, 0.4) is 0 Å². The van der Waals surface area contributed by atoms with Crippen LogP contribution < -0.4 is 5.32 Å². The first-order valence-corrected chi connectivity index (χ1v) is 6.53. The van der Waals surface area contributed by atoms with Crippen molar-refractivity contribution < 1.29 is 24.2 Å². The maximum absolute atomic E-state index is 12.0. The second kappa shape index (κ2) is 6.36. The minimum absolute atomic E-state index is 0.117. The Morgan fingerprint density at radius 2 is 2.05 bits per heavy atom. The summed E-state index contributed by atoms with van der Waals surface area (Å²) in [6.45, 7) is 1.97. The van der Waals surface area contributed by atoms with Gasteiger partial charge in [0.25, 0.3) is 5.91 Å². The fraction of sp³-hybridized carbons (Fsp3) is 0.357. The quantitative estimate of drug-likeness (QED) is 0.777. The summed E-state index contributed by atoms with van der Waals surface area (Å²) < 4.78 is 5.06. The lowest BCUT2D eigenvalue weighted by atomic mass is 10.1. The standard InChI is InChI=1S/C14H16N2O5/c1-9(12(18)16-7-6-15-14(16)20)21-13(19)11-4-2-10(8-17)3-5-11/h2-5,9,17H,6-8H2,1H3,(H,15,20)/t9-/m0/s1. The largest absolute Gasteiger partial charge is 0.449 e. The first-order valence-electron chi connectivity index (χ1n) is 6.53. The molecule has 0 spiro atoms. The molecule has 1 fully saturated rings. The summed E-state index contributed by atoms with van der Waals surface area (Å²) in [5.41, 5.74) is 0.946. The molecule has 1 heterocycles. The van der Waals surface area contributed by atoms with Crippen molar-refractivity contribution in [1.29, 1.82) is 0 Å². The highest BCUT2D eigenvalue weighted by Crippen LogP contribution is 2.10. The van der Waals surface area contributed by atoms with E-state index in [4.69, 9.17) is 9.84 Å². The molecule has 0 unspecified atom stereocenters. The molecule has 112 valence electrons. The second-order valence-electron chi connectivity index (χ2n) is 4.62. The van der Waals surface area contributed by atoms with E-state index in [1.54, 1.807) is 12.1 Å². The molecule has 1 atom stereocenters. The molecule has 1 aromatic carbocycles. The Kier molecular flexibility index (Phi) is 4.54. The Hall–Kier alpha value is -2.41. The Balaban J connectivity index is 1.97. The van der Waals surface area contributed by atoms with Gasteiger partial charge in [-0.25, -0.2) is 9.59 Å². The van der Waals surface area contributed by atoms with E-state index < -0.39 is 24.0 Å². The van der Waals surface area contributed by atoms with Gasteiger partial charge in [-0.3, -0.25) is 9.69 Å². The molecule has 2 N–H and O–H groups in total. The fourth-order valence-electron chi connectivity index (χ4n) is 1.93. The third-order valence-electron chi connectivity index (χ3n) is 3.13. The molecule has 1 aromatic rings. The van der Waals surface area contributed by atoms with Gasteiger partial charge in [0, 0.05) is 13.1 Å². The van der Waals surface area contributed by atoms with E-state index >= 15 is 0 Å². The number of aliphatic hydroxyl groups excluding tert-OH is 1. The molecule has 21 heavy (non-hydrogen) atoms. The summed E-state index contributed by atoms with van der Waals surface area (Å²) in [5, 5.41) is 11.4. The summed E-state index contributed by atoms with van der Waals surface area (Å²) in [4.78, 5) is 36.3. The third kappa shape index (κ3) is 3.38. The van der Waals surface area contributed by atoms with E-state index in [0.717, 1.165) is 4.90 Å². The highest BCUT2D eigenvalue weighted by Gasteiger charge is 2.31. The molecule has 1 saturated heterocycles. The first kappa shape index (κ1) is 15.0. The Labute approximate surface area is 121 Å². The number of nitrogens with one attached hydrogen (secondary N) is 1. The molecule has 0 aliphatic carbocycles. The first-order chi connectivity index (χ1) is 10.0. The van der Waals surface area contributed by atoms with Gasteiger partial charge in [0.15, 0.2) is 6.10 Å². The molecule has 7 heteroatoms. The number of hydrogen-bond donors (Lipinski definition) is 2. The predicted molar refractivity (Wildman–Crippen MR) is 72.4 cm³/mol. The molecule has 0 aromatic heterocycles. The number of aliphatic hydroxyl groups is 1. The maximum atomic E-state index is 12.0. The van der Waals surface area contributed by atoms with Crippen LogP contribution in [0.15, 0.2) is 24.3 Å². The normalized spacial score (nSPS) is 15.5. The number of hydrogen-bond acceptors (Lipinski definition) is 5. The van der Waals surface area contributed by atoms with E-state index in [1.807, 2.05) is 0 Å². The zero-order valence-corrected chi connectivity index (χ0v) is 11.5. The number of carbonyl (C=O) groups excluding carboxylic acids is 3. The molecule has 2 rings (SSSR count). The van der Waals surface area contributed by atoms with Gasteiger partial charge < -0.3 is 15.2 Å². The fourth-order valence-corrected chi connectivity index (χ4v) is 1.93. The smallest absolute Gasteiger partial charge is 0.338 e. The lowest BCUT2D eigenvalue weighted by Crippen LogP contribution is -2.41. The summed E-state index contributed by atoms with van der Waals surface area (Å²) in [7, 11) is 0. The van der Waals surface area contributed by atoms with Gasteiger partial charge in [-0.1, -0.05) is 12.1 Å². The average molecular weight is 292 g/mol. The van der Waals surface area contributed by atoms with E-state index in [0.29, 0.717) is 12.1 Å². The number of ether oxygens (including phenoxy) is 1. The van der Waals surface area contributed by atoms with Crippen molar-refractivity contribution in [2.45, 2.75) is 19.6 Å². The van der Waals surface area contributed by atoms with Crippen LogP contribution in [0.2, 0.25) is 0 Å².